The molecule has 2 fully saturated rings. The number of carbonyl (C=O) groups is 2. The van der Waals surface area contributed by atoms with Crippen molar-refractivity contribution in [3.05, 3.63) is 0 Å². The van der Waals surface area contributed by atoms with Crippen LogP contribution in [0.25, 0.3) is 0 Å². The first-order valence-corrected chi connectivity index (χ1v) is 6.15. The third kappa shape index (κ3) is 2.22. The van der Waals surface area contributed by atoms with E-state index < -0.39 is 42.2 Å². The van der Waals surface area contributed by atoms with Crippen molar-refractivity contribution in [3.63, 3.8) is 0 Å². The molecule has 7 nitrogen and oxygen atoms in total. The lowest BCUT2D eigenvalue weighted by Gasteiger charge is -2.36. The summed E-state index contributed by atoms with van der Waals surface area (Å²) in [4.78, 5) is 22.8. The van der Waals surface area contributed by atoms with E-state index in [4.69, 9.17) is 19.9 Å². The lowest BCUT2D eigenvalue weighted by molar-refractivity contribution is -0.170. The SMILES string of the molecule is COC(=O)[C@@H]1[C@H]2[C@H](OC(C)=O)[C@@H](OC)[C@H](O)[C@@H](N)[C@@H]12. The van der Waals surface area contributed by atoms with Gasteiger partial charge in [0, 0.05) is 26.0 Å². The Bertz CT molecular complexity index is 386. The van der Waals surface area contributed by atoms with Crippen LogP contribution in [0.4, 0.5) is 0 Å². The van der Waals surface area contributed by atoms with E-state index in [1.807, 2.05) is 0 Å². The molecule has 19 heavy (non-hydrogen) atoms. The third-order valence-corrected chi connectivity index (χ3v) is 4.06. The topological polar surface area (TPSA) is 108 Å². The third-order valence-electron chi connectivity index (χ3n) is 4.06. The predicted molar refractivity (Wildman–Crippen MR) is 62.8 cm³/mol. The molecule has 3 N–H and O–H groups in total. The molecule has 0 aromatic carbocycles. The molecule has 0 aromatic rings. The highest BCUT2D eigenvalue weighted by Gasteiger charge is 2.69. The van der Waals surface area contributed by atoms with E-state index in [0.717, 1.165) is 0 Å². The number of hydrogen-bond acceptors (Lipinski definition) is 7. The number of ether oxygens (including phenoxy) is 3. The maximum atomic E-state index is 11.7. The van der Waals surface area contributed by atoms with Crippen molar-refractivity contribution >= 4 is 11.9 Å². The fourth-order valence-corrected chi connectivity index (χ4v) is 3.20. The second-order valence-corrected chi connectivity index (χ2v) is 5.05. The number of nitrogens with two attached hydrogens (primary N) is 1. The van der Waals surface area contributed by atoms with Crippen molar-refractivity contribution in [3.8, 4) is 0 Å². The molecule has 0 aliphatic heterocycles. The Hall–Kier alpha value is -1.18. The minimum atomic E-state index is -0.981. The molecule has 0 unspecified atom stereocenters. The number of rotatable bonds is 3. The first kappa shape index (κ1) is 14.2. The summed E-state index contributed by atoms with van der Waals surface area (Å²) in [5.74, 6) is -1.81. The van der Waals surface area contributed by atoms with E-state index in [9.17, 15) is 14.7 Å². The molecule has 7 atom stereocenters. The summed E-state index contributed by atoms with van der Waals surface area (Å²) in [5, 5.41) is 10.1. The summed E-state index contributed by atoms with van der Waals surface area (Å²) in [6, 6.07) is -0.592. The van der Waals surface area contributed by atoms with Crippen LogP contribution in [-0.4, -0.2) is 55.6 Å². The quantitative estimate of drug-likeness (QED) is 0.613. The zero-order valence-electron chi connectivity index (χ0n) is 11.1. The highest BCUT2D eigenvalue weighted by molar-refractivity contribution is 5.77. The van der Waals surface area contributed by atoms with E-state index in [-0.39, 0.29) is 11.8 Å². The Morgan fingerprint density at radius 1 is 1.16 bits per heavy atom. The maximum Gasteiger partial charge on any atom is 0.309 e. The Labute approximate surface area is 111 Å². The lowest BCUT2D eigenvalue weighted by Crippen LogP contribution is -2.56. The Morgan fingerprint density at radius 3 is 2.26 bits per heavy atom. The second-order valence-electron chi connectivity index (χ2n) is 5.05. The molecule has 0 bridgehead atoms. The molecule has 2 saturated carbocycles. The number of aliphatic hydroxyl groups is 1. The van der Waals surface area contributed by atoms with Gasteiger partial charge in [0.1, 0.15) is 12.2 Å². The second kappa shape index (κ2) is 5.07. The Kier molecular flexibility index (Phi) is 3.80. The summed E-state index contributed by atoms with van der Waals surface area (Å²) < 4.78 is 15.1. The van der Waals surface area contributed by atoms with Crippen LogP contribution in [0.15, 0.2) is 0 Å². The number of carbonyl (C=O) groups excluding carboxylic acids is 2. The monoisotopic (exact) mass is 273 g/mol. The average Bonchev–Trinajstić information content (AvgIpc) is 3.10. The minimum Gasteiger partial charge on any atom is -0.469 e. The van der Waals surface area contributed by atoms with Crippen LogP contribution in [0.1, 0.15) is 6.92 Å². The fraction of sp³-hybridized carbons (Fsp3) is 0.833. The summed E-state index contributed by atoms with van der Waals surface area (Å²) in [5.41, 5.74) is 5.93. The molecule has 0 saturated heterocycles. The molecular formula is C12H19NO6. The Morgan fingerprint density at radius 2 is 1.79 bits per heavy atom. The molecule has 0 heterocycles. The van der Waals surface area contributed by atoms with Crippen molar-refractivity contribution in [2.75, 3.05) is 14.2 Å². The van der Waals surface area contributed by atoms with Gasteiger partial charge in [-0.05, 0) is 5.92 Å². The van der Waals surface area contributed by atoms with Crippen LogP contribution < -0.4 is 5.73 Å². The van der Waals surface area contributed by atoms with Gasteiger partial charge in [0.15, 0.2) is 0 Å². The number of fused-ring (bicyclic) bond motifs is 1. The zero-order chi connectivity index (χ0) is 14.3. The summed E-state index contributed by atoms with van der Waals surface area (Å²) in [6.45, 7) is 1.28. The van der Waals surface area contributed by atoms with Gasteiger partial charge in [-0.15, -0.1) is 0 Å². The molecule has 2 aliphatic rings. The van der Waals surface area contributed by atoms with E-state index in [2.05, 4.69) is 0 Å². The van der Waals surface area contributed by atoms with Gasteiger partial charge in [0.2, 0.25) is 0 Å². The van der Waals surface area contributed by atoms with Gasteiger partial charge in [-0.25, -0.2) is 0 Å². The van der Waals surface area contributed by atoms with E-state index in [1.165, 1.54) is 21.1 Å². The van der Waals surface area contributed by atoms with Crippen molar-refractivity contribution in [2.24, 2.45) is 23.5 Å². The van der Waals surface area contributed by atoms with Crippen molar-refractivity contribution in [1.82, 2.24) is 0 Å². The molecule has 0 spiro atoms. The summed E-state index contributed by atoms with van der Waals surface area (Å²) in [7, 11) is 2.70. The lowest BCUT2D eigenvalue weighted by atomic mass is 9.88. The number of hydrogen-bond donors (Lipinski definition) is 2. The zero-order valence-corrected chi connectivity index (χ0v) is 11.1. The van der Waals surface area contributed by atoms with Crippen LogP contribution in [0.5, 0.6) is 0 Å². The average molecular weight is 273 g/mol. The molecule has 2 aliphatic carbocycles. The van der Waals surface area contributed by atoms with Gasteiger partial charge in [0.05, 0.1) is 19.1 Å². The fourth-order valence-electron chi connectivity index (χ4n) is 3.20. The van der Waals surface area contributed by atoms with Crippen molar-refractivity contribution in [1.29, 1.82) is 0 Å². The van der Waals surface area contributed by atoms with Gasteiger partial charge in [-0.3, -0.25) is 9.59 Å². The summed E-state index contributed by atoms with van der Waals surface area (Å²) in [6.07, 6.45) is -2.38. The first-order chi connectivity index (χ1) is 8.93. The van der Waals surface area contributed by atoms with Crippen LogP contribution in [0, 0.1) is 17.8 Å². The van der Waals surface area contributed by atoms with Gasteiger partial charge >= 0.3 is 11.9 Å². The smallest absolute Gasteiger partial charge is 0.309 e. The summed E-state index contributed by atoms with van der Waals surface area (Å²) >= 11 is 0. The molecule has 0 amide bonds. The van der Waals surface area contributed by atoms with E-state index in [0.29, 0.717) is 0 Å². The number of esters is 2. The molecular weight excluding hydrogens is 254 g/mol. The molecule has 0 aromatic heterocycles. The van der Waals surface area contributed by atoms with Gasteiger partial charge < -0.3 is 25.1 Å². The molecule has 2 rings (SSSR count). The van der Waals surface area contributed by atoms with Crippen LogP contribution in [0.3, 0.4) is 0 Å². The van der Waals surface area contributed by atoms with Crippen LogP contribution in [0.2, 0.25) is 0 Å². The highest BCUT2D eigenvalue weighted by atomic mass is 16.6. The van der Waals surface area contributed by atoms with Crippen molar-refractivity contribution in [2.45, 2.75) is 31.3 Å². The Balaban J connectivity index is 2.24. The number of methoxy groups -OCH3 is 2. The minimum absolute atomic E-state index is 0.238. The van der Waals surface area contributed by atoms with E-state index in [1.54, 1.807) is 0 Å². The van der Waals surface area contributed by atoms with Crippen molar-refractivity contribution < 1.29 is 28.9 Å². The van der Waals surface area contributed by atoms with Gasteiger partial charge in [-0.2, -0.15) is 0 Å². The molecule has 0 radical (unpaired) electrons. The van der Waals surface area contributed by atoms with Crippen LogP contribution >= 0.6 is 0 Å². The van der Waals surface area contributed by atoms with Gasteiger partial charge in [0.25, 0.3) is 0 Å². The van der Waals surface area contributed by atoms with Gasteiger partial charge in [-0.1, -0.05) is 0 Å². The largest absolute Gasteiger partial charge is 0.469 e. The maximum absolute atomic E-state index is 11.7. The normalized spacial score (nSPS) is 44.2. The van der Waals surface area contributed by atoms with E-state index >= 15 is 0 Å². The van der Waals surface area contributed by atoms with Crippen LogP contribution in [-0.2, 0) is 23.8 Å². The predicted octanol–water partition coefficient (Wildman–Crippen LogP) is -1.33. The number of aliphatic hydroxyl groups excluding tert-OH is 1. The molecule has 7 heteroatoms. The highest BCUT2D eigenvalue weighted by Crippen LogP contribution is 2.56. The molecule has 108 valence electrons. The standard InChI is InChI=1S/C12H19NO6/c1-4(14)19-10-6-5(7(6)12(16)18-3)8(13)9(15)11(10)17-2/h5-11,15H,13H2,1-3H3/t5-,6+,7+,8+,9-,10+,11+/m1/s1. The first-order valence-electron chi connectivity index (χ1n) is 6.15.